The summed E-state index contributed by atoms with van der Waals surface area (Å²) in [4.78, 5) is 14.1. The van der Waals surface area contributed by atoms with Gasteiger partial charge in [-0.2, -0.15) is 0 Å². The van der Waals surface area contributed by atoms with Gasteiger partial charge >= 0.3 is 6.09 Å². The second-order valence-corrected chi connectivity index (χ2v) is 8.20. The van der Waals surface area contributed by atoms with Gasteiger partial charge in [-0.05, 0) is 40.5 Å². The fourth-order valence-corrected chi connectivity index (χ4v) is 2.46. The van der Waals surface area contributed by atoms with Crippen molar-refractivity contribution in [2.75, 3.05) is 31.2 Å². The molecule has 0 aliphatic heterocycles. The van der Waals surface area contributed by atoms with E-state index >= 15 is 0 Å². The van der Waals surface area contributed by atoms with E-state index in [1.165, 1.54) is 0 Å². The largest absolute Gasteiger partial charge is 0.444 e. The van der Waals surface area contributed by atoms with Crippen LogP contribution >= 0.6 is 22.6 Å². The number of alkyl halides is 1. The highest BCUT2D eigenvalue weighted by Gasteiger charge is 2.34. The van der Waals surface area contributed by atoms with E-state index in [0.29, 0.717) is 25.6 Å². The smallest absolute Gasteiger partial charge is 0.410 e. The lowest BCUT2D eigenvalue weighted by Crippen LogP contribution is -2.50. The third-order valence-corrected chi connectivity index (χ3v) is 4.97. The summed E-state index contributed by atoms with van der Waals surface area (Å²) in [6, 6.07) is 0. The number of rotatable bonds is 9. The van der Waals surface area contributed by atoms with Crippen LogP contribution in [0.25, 0.3) is 0 Å². The number of likely N-dealkylation sites (N-methyl/N-ethyl adjacent to an activating group) is 1. The minimum atomic E-state index is -0.497. The molecule has 6 heteroatoms. The van der Waals surface area contributed by atoms with Crippen LogP contribution < -0.4 is 0 Å². The Labute approximate surface area is 155 Å². The van der Waals surface area contributed by atoms with Gasteiger partial charge in [-0.15, -0.1) is 0 Å². The number of ether oxygens (including phenoxy) is 3. The van der Waals surface area contributed by atoms with Gasteiger partial charge in [0.25, 0.3) is 0 Å². The van der Waals surface area contributed by atoms with Crippen molar-refractivity contribution in [3.05, 3.63) is 0 Å². The van der Waals surface area contributed by atoms with Crippen molar-refractivity contribution < 1.29 is 19.0 Å². The standard InChI is InChI=1S/C17H34INO4/c1-9-19(15(20)23-16(4,5)6)12-17(7,11-18)22-14(10-21-8)13(2)3/h13-14H,9-12H2,1-8H3. The molecule has 2 unspecified atom stereocenters. The van der Waals surface area contributed by atoms with Crippen molar-refractivity contribution in [2.24, 2.45) is 5.92 Å². The highest BCUT2D eigenvalue weighted by molar-refractivity contribution is 14.1. The SMILES string of the molecule is CCN(CC(C)(CI)OC(COC)C(C)C)C(=O)OC(C)(C)C. The molecule has 23 heavy (non-hydrogen) atoms. The number of amides is 1. The van der Waals surface area contributed by atoms with Crippen molar-refractivity contribution in [2.45, 2.75) is 65.8 Å². The molecule has 2 atom stereocenters. The monoisotopic (exact) mass is 443 g/mol. The maximum absolute atomic E-state index is 12.3. The summed E-state index contributed by atoms with van der Waals surface area (Å²) in [7, 11) is 1.68. The van der Waals surface area contributed by atoms with E-state index in [0.717, 1.165) is 4.43 Å². The molecular formula is C17H34INO4. The lowest BCUT2D eigenvalue weighted by molar-refractivity contribution is -0.119. The summed E-state index contributed by atoms with van der Waals surface area (Å²) in [5.41, 5.74) is -0.941. The fraction of sp³-hybridized carbons (Fsp3) is 0.941. The minimum absolute atomic E-state index is 0.00268. The van der Waals surface area contributed by atoms with Crippen LogP contribution in [0.4, 0.5) is 4.79 Å². The summed E-state index contributed by atoms with van der Waals surface area (Å²) >= 11 is 2.31. The number of halogens is 1. The Kier molecular flexibility index (Phi) is 10.00. The van der Waals surface area contributed by atoms with Crippen LogP contribution in [-0.2, 0) is 14.2 Å². The molecular weight excluding hydrogens is 409 g/mol. The average molecular weight is 443 g/mol. The fourth-order valence-electron chi connectivity index (χ4n) is 2.04. The molecule has 0 spiro atoms. The van der Waals surface area contributed by atoms with E-state index in [1.807, 2.05) is 34.6 Å². The molecule has 0 N–H and O–H groups in total. The first-order valence-electron chi connectivity index (χ1n) is 8.18. The molecule has 0 aromatic carbocycles. The van der Waals surface area contributed by atoms with Crippen LogP contribution in [0.5, 0.6) is 0 Å². The number of methoxy groups -OCH3 is 1. The van der Waals surface area contributed by atoms with Crippen LogP contribution in [0, 0.1) is 5.92 Å². The predicted molar refractivity (Wildman–Crippen MR) is 102 cm³/mol. The zero-order valence-corrected chi connectivity index (χ0v) is 18.1. The predicted octanol–water partition coefficient (Wildman–Crippen LogP) is 4.12. The molecule has 0 aromatic rings. The molecule has 0 saturated carbocycles. The molecule has 0 aromatic heterocycles. The average Bonchev–Trinajstić information content (AvgIpc) is 2.42. The molecule has 0 bridgehead atoms. The lowest BCUT2D eigenvalue weighted by atomic mass is 10.0. The van der Waals surface area contributed by atoms with Crippen molar-refractivity contribution in [3.8, 4) is 0 Å². The first kappa shape index (κ1) is 22.9. The molecule has 0 heterocycles. The van der Waals surface area contributed by atoms with Gasteiger partial charge in [0.1, 0.15) is 5.60 Å². The Morgan fingerprint density at radius 1 is 1.22 bits per heavy atom. The third kappa shape index (κ3) is 9.10. The van der Waals surface area contributed by atoms with Gasteiger partial charge in [-0.25, -0.2) is 4.79 Å². The molecule has 0 rings (SSSR count). The zero-order chi connectivity index (χ0) is 18.3. The first-order valence-corrected chi connectivity index (χ1v) is 9.71. The van der Waals surface area contributed by atoms with Gasteiger partial charge in [0, 0.05) is 18.1 Å². The minimum Gasteiger partial charge on any atom is -0.444 e. The third-order valence-electron chi connectivity index (χ3n) is 3.35. The first-order chi connectivity index (χ1) is 10.5. The van der Waals surface area contributed by atoms with Crippen molar-refractivity contribution >= 4 is 28.7 Å². The number of carbonyl (C=O) groups is 1. The molecule has 1 amide bonds. The Morgan fingerprint density at radius 2 is 1.78 bits per heavy atom. The van der Waals surface area contributed by atoms with Crippen molar-refractivity contribution in [1.82, 2.24) is 4.90 Å². The van der Waals surface area contributed by atoms with Crippen LogP contribution in [-0.4, -0.2) is 59.5 Å². The normalized spacial score (nSPS) is 16.1. The van der Waals surface area contributed by atoms with Crippen LogP contribution in [0.2, 0.25) is 0 Å². The Balaban J connectivity index is 5.00. The molecule has 0 radical (unpaired) electrons. The van der Waals surface area contributed by atoms with Crippen molar-refractivity contribution in [3.63, 3.8) is 0 Å². The van der Waals surface area contributed by atoms with Gasteiger partial charge in [0.2, 0.25) is 0 Å². The number of hydrogen-bond donors (Lipinski definition) is 0. The van der Waals surface area contributed by atoms with Crippen molar-refractivity contribution in [1.29, 1.82) is 0 Å². The summed E-state index contributed by atoms with van der Waals surface area (Å²) in [6.07, 6.45) is -0.301. The Bertz CT molecular complexity index is 357. The Hall–Kier alpha value is -0.0800. The molecule has 5 nitrogen and oxygen atoms in total. The zero-order valence-electron chi connectivity index (χ0n) is 15.9. The van der Waals surface area contributed by atoms with Gasteiger partial charge in [0.05, 0.1) is 24.9 Å². The maximum atomic E-state index is 12.3. The number of nitrogens with zero attached hydrogens (tertiary/aromatic N) is 1. The summed E-state index contributed by atoms with van der Waals surface area (Å²) in [6.45, 7) is 15.5. The summed E-state index contributed by atoms with van der Waals surface area (Å²) in [5.74, 6) is 0.342. The summed E-state index contributed by atoms with van der Waals surface area (Å²) in [5, 5.41) is 0. The molecule has 0 aliphatic carbocycles. The van der Waals surface area contributed by atoms with Gasteiger partial charge in [-0.1, -0.05) is 36.4 Å². The second kappa shape index (κ2) is 10.0. The van der Waals surface area contributed by atoms with E-state index in [1.54, 1.807) is 12.0 Å². The highest BCUT2D eigenvalue weighted by atomic mass is 127. The Morgan fingerprint density at radius 3 is 2.13 bits per heavy atom. The van der Waals surface area contributed by atoms with Crippen LogP contribution in [0.15, 0.2) is 0 Å². The molecule has 138 valence electrons. The molecule has 0 aliphatic rings. The van der Waals surface area contributed by atoms with E-state index < -0.39 is 11.2 Å². The van der Waals surface area contributed by atoms with E-state index in [9.17, 15) is 4.79 Å². The lowest BCUT2D eigenvalue weighted by Gasteiger charge is -2.38. The quantitative estimate of drug-likeness (QED) is 0.397. The van der Waals surface area contributed by atoms with Gasteiger partial charge in [-0.3, -0.25) is 0 Å². The topological polar surface area (TPSA) is 48.0 Å². The van der Waals surface area contributed by atoms with Gasteiger partial charge in [0.15, 0.2) is 0 Å². The van der Waals surface area contributed by atoms with Crippen LogP contribution in [0.3, 0.4) is 0 Å². The molecule has 0 saturated heterocycles. The number of carbonyl (C=O) groups excluding carboxylic acids is 1. The van der Waals surface area contributed by atoms with Gasteiger partial charge < -0.3 is 19.1 Å². The second-order valence-electron chi connectivity index (χ2n) is 7.43. The van der Waals surface area contributed by atoms with E-state index in [2.05, 4.69) is 36.4 Å². The van der Waals surface area contributed by atoms with E-state index in [-0.39, 0.29) is 12.2 Å². The highest BCUT2D eigenvalue weighted by Crippen LogP contribution is 2.23. The van der Waals surface area contributed by atoms with Crippen LogP contribution in [0.1, 0.15) is 48.5 Å². The maximum Gasteiger partial charge on any atom is 0.410 e. The van der Waals surface area contributed by atoms with E-state index in [4.69, 9.17) is 14.2 Å². The number of hydrogen-bond acceptors (Lipinski definition) is 4. The molecule has 0 fully saturated rings. The summed E-state index contributed by atoms with van der Waals surface area (Å²) < 4.78 is 17.8.